The third kappa shape index (κ3) is 0.229. The van der Waals surface area contributed by atoms with Crippen molar-refractivity contribution in [3.63, 3.8) is 0 Å². The van der Waals surface area contributed by atoms with Gasteiger partial charge < -0.3 is 4.46 Å². The third-order valence-electron chi connectivity index (χ3n) is 0.454. The topological polar surface area (TPSA) is 17.1 Å². The molecule has 0 N–H and O–H groups in total. The summed E-state index contributed by atoms with van der Waals surface area (Å²) in [6.07, 6.45) is 0. The molecule has 0 saturated carbocycles. The van der Waals surface area contributed by atoms with E-state index in [-0.39, 0.29) is 0 Å². The highest BCUT2D eigenvalue weighted by Crippen LogP contribution is 2.10. The second-order valence-electron chi connectivity index (χ2n) is 1.04. The summed E-state index contributed by atoms with van der Waals surface area (Å²) in [6.45, 7) is 0. The van der Waals surface area contributed by atoms with Crippen molar-refractivity contribution in [2.75, 3.05) is 0 Å². The monoisotopic (exact) mass is 72.0 g/mol. The summed E-state index contributed by atoms with van der Waals surface area (Å²) >= 11 is 0. The van der Waals surface area contributed by atoms with Crippen LogP contribution in [-0.2, 0) is 4.46 Å². The van der Waals surface area contributed by atoms with Crippen molar-refractivity contribution in [1.82, 2.24) is 0 Å². The van der Waals surface area contributed by atoms with Gasteiger partial charge in [-0.05, 0) is 12.1 Å². The van der Waals surface area contributed by atoms with E-state index in [2.05, 4.69) is 0 Å². The summed E-state index contributed by atoms with van der Waals surface area (Å²) in [5.41, 5.74) is 0. The fourth-order valence-electron chi connectivity index (χ4n) is 0.0510. The van der Waals surface area contributed by atoms with E-state index in [9.17, 15) is 4.46 Å². The quantitative estimate of drug-likeness (QED) is 0.379. The standard InChI is InChI=1S/C2H4OSi/c3-4-1-2-4/h1-2H2. The van der Waals surface area contributed by atoms with Gasteiger partial charge in [0.2, 0.25) is 0 Å². The molecule has 1 rings (SSSR count). The molecule has 1 fully saturated rings. The van der Waals surface area contributed by atoms with Gasteiger partial charge >= 0.3 is 0 Å². The third-order valence-corrected chi connectivity index (χ3v) is 1.36. The summed E-state index contributed by atoms with van der Waals surface area (Å²) in [7, 11) is -0.880. The smallest absolute Gasteiger partial charge is 0.276 e. The molecule has 0 atom stereocenters. The Morgan fingerprint density at radius 2 is 1.75 bits per heavy atom. The molecular formula is C2H4OSi. The van der Waals surface area contributed by atoms with Gasteiger partial charge in [-0.25, -0.2) is 0 Å². The molecule has 1 aliphatic heterocycles. The van der Waals surface area contributed by atoms with Gasteiger partial charge in [-0.3, -0.25) is 0 Å². The van der Waals surface area contributed by atoms with E-state index in [0.717, 1.165) is 12.1 Å². The van der Waals surface area contributed by atoms with Crippen molar-refractivity contribution in [3.8, 4) is 0 Å². The minimum absolute atomic E-state index is 0.880. The van der Waals surface area contributed by atoms with Crippen LogP contribution in [0.15, 0.2) is 0 Å². The Morgan fingerprint density at radius 1 is 1.50 bits per heavy atom. The molecule has 0 aromatic heterocycles. The van der Waals surface area contributed by atoms with E-state index in [4.69, 9.17) is 0 Å². The van der Waals surface area contributed by atoms with Gasteiger partial charge in [-0.1, -0.05) is 0 Å². The molecule has 0 bridgehead atoms. The molecule has 0 spiro atoms. The molecule has 0 aromatic rings. The van der Waals surface area contributed by atoms with E-state index >= 15 is 0 Å². The summed E-state index contributed by atoms with van der Waals surface area (Å²) in [6, 6.07) is 2.06. The average molecular weight is 72.1 g/mol. The van der Waals surface area contributed by atoms with Crippen molar-refractivity contribution >= 4 is 8.68 Å². The van der Waals surface area contributed by atoms with Crippen LogP contribution < -0.4 is 0 Å². The predicted molar refractivity (Wildman–Crippen MR) is 16.1 cm³/mol. The number of hydrogen-bond donors (Lipinski definition) is 0. The van der Waals surface area contributed by atoms with Gasteiger partial charge in [-0.2, -0.15) is 0 Å². The Hall–Kier alpha value is 0.0169. The van der Waals surface area contributed by atoms with Crippen LogP contribution in [0.2, 0.25) is 12.1 Å². The van der Waals surface area contributed by atoms with Gasteiger partial charge in [0.15, 0.2) is 0 Å². The number of hydrogen-bond acceptors (Lipinski definition) is 1. The highest BCUT2D eigenvalue weighted by Gasteiger charge is 2.17. The van der Waals surface area contributed by atoms with Gasteiger partial charge in [0.25, 0.3) is 8.68 Å². The normalized spacial score (nSPS) is 21.5. The van der Waals surface area contributed by atoms with Gasteiger partial charge in [-0.15, -0.1) is 0 Å². The molecule has 4 heavy (non-hydrogen) atoms. The highest BCUT2D eigenvalue weighted by molar-refractivity contribution is 6.54. The molecule has 1 aliphatic rings. The minimum Gasteiger partial charge on any atom is -0.388 e. The Morgan fingerprint density at radius 3 is 1.75 bits per heavy atom. The van der Waals surface area contributed by atoms with E-state index in [0.29, 0.717) is 0 Å². The average Bonchev–Trinajstić information content (AvgIpc) is 1.75. The predicted octanol–water partition coefficient (Wildman–Crippen LogP) is 0.422. The SMILES string of the molecule is O=[Si]1CC1. The molecule has 1 heterocycles. The van der Waals surface area contributed by atoms with Crippen LogP contribution in [0.25, 0.3) is 0 Å². The van der Waals surface area contributed by atoms with E-state index in [1.807, 2.05) is 0 Å². The first-order valence-electron chi connectivity index (χ1n) is 1.41. The fraction of sp³-hybridized carbons (Fsp3) is 1.00. The molecule has 0 radical (unpaired) electrons. The van der Waals surface area contributed by atoms with Gasteiger partial charge in [0.1, 0.15) is 0 Å². The van der Waals surface area contributed by atoms with E-state index < -0.39 is 8.68 Å². The lowest BCUT2D eigenvalue weighted by Gasteiger charge is -1.22. The first kappa shape index (κ1) is 2.27. The van der Waals surface area contributed by atoms with Crippen LogP contribution in [0, 0.1) is 0 Å². The van der Waals surface area contributed by atoms with Crippen LogP contribution in [0.3, 0.4) is 0 Å². The van der Waals surface area contributed by atoms with Crippen LogP contribution in [-0.4, -0.2) is 8.68 Å². The maximum Gasteiger partial charge on any atom is 0.276 e. The zero-order chi connectivity index (χ0) is 2.99. The van der Waals surface area contributed by atoms with Crippen molar-refractivity contribution in [2.45, 2.75) is 12.1 Å². The highest BCUT2D eigenvalue weighted by atomic mass is 28.3. The molecule has 0 amide bonds. The van der Waals surface area contributed by atoms with Gasteiger partial charge in [0.05, 0.1) is 0 Å². The fourth-order valence-corrected chi connectivity index (χ4v) is 0.459. The summed E-state index contributed by atoms with van der Waals surface area (Å²) in [4.78, 5) is 0. The summed E-state index contributed by atoms with van der Waals surface area (Å²) in [5, 5.41) is 0. The molecule has 22 valence electrons. The van der Waals surface area contributed by atoms with Crippen molar-refractivity contribution in [2.24, 2.45) is 0 Å². The van der Waals surface area contributed by atoms with Crippen LogP contribution >= 0.6 is 0 Å². The minimum atomic E-state index is -0.880. The van der Waals surface area contributed by atoms with Crippen LogP contribution in [0.5, 0.6) is 0 Å². The Bertz CT molecular complexity index is 44.0. The van der Waals surface area contributed by atoms with Crippen molar-refractivity contribution in [1.29, 1.82) is 0 Å². The van der Waals surface area contributed by atoms with Crippen molar-refractivity contribution < 1.29 is 4.46 Å². The summed E-state index contributed by atoms with van der Waals surface area (Å²) in [5.74, 6) is 0. The first-order valence-corrected chi connectivity index (χ1v) is 3.23. The summed E-state index contributed by atoms with van der Waals surface area (Å²) < 4.78 is 9.74. The van der Waals surface area contributed by atoms with E-state index in [1.165, 1.54) is 0 Å². The number of rotatable bonds is 0. The second kappa shape index (κ2) is 0.488. The molecule has 1 nitrogen and oxygen atoms in total. The molecule has 1 saturated heterocycles. The largest absolute Gasteiger partial charge is 0.388 e. The first-order chi connectivity index (χ1) is 1.89. The molecule has 0 aromatic carbocycles. The Balaban J connectivity index is 2.60. The molecular weight excluding hydrogens is 68.1 g/mol. The lowest BCUT2D eigenvalue weighted by molar-refractivity contribution is 0.576. The Labute approximate surface area is 26.3 Å². The van der Waals surface area contributed by atoms with Crippen molar-refractivity contribution in [3.05, 3.63) is 0 Å². The second-order valence-corrected chi connectivity index (χ2v) is 3.12. The molecule has 2 heteroatoms. The molecule has 0 aliphatic carbocycles. The zero-order valence-corrected chi connectivity index (χ0v) is 3.32. The Kier molecular flexibility index (Phi) is 0.276. The lowest BCUT2D eigenvalue weighted by Crippen LogP contribution is -1.49. The van der Waals surface area contributed by atoms with E-state index in [1.54, 1.807) is 0 Å². The molecule has 0 unspecified atom stereocenters. The zero-order valence-electron chi connectivity index (χ0n) is 2.32. The maximum atomic E-state index is 9.74. The maximum absolute atomic E-state index is 9.74. The van der Waals surface area contributed by atoms with Crippen LogP contribution in [0.4, 0.5) is 0 Å². The lowest BCUT2D eigenvalue weighted by atomic mass is 11.0. The van der Waals surface area contributed by atoms with Crippen LogP contribution in [0.1, 0.15) is 0 Å². The van der Waals surface area contributed by atoms with Gasteiger partial charge in [0, 0.05) is 0 Å².